The van der Waals surface area contributed by atoms with Crippen LogP contribution in [0.15, 0.2) is 40.4 Å². The van der Waals surface area contributed by atoms with E-state index in [9.17, 15) is 0 Å². The van der Waals surface area contributed by atoms with E-state index in [2.05, 4.69) is 17.2 Å². The standard InChI is InChI=1S/C15H15ClN2OS/c1-2-5-18-15(14-8-17-9-20-14)13-7-10-6-11(16)3-4-12(10)19-13/h3-4,6-9,15,18H,2,5H2,1H3. The van der Waals surface area contributed by atoms with Crippen molar-refractivity contribution in [2.75, 3.05) is 6.54 Å². The Morgan fingerprint density at radius 3 is 3.05 bits per heavy atom. The van der Waals surface area contributed by atoms with Crippen LogP contribution in [0.3, 0.4) is 0 Å². The second-order valence-electron chi connectivity index (χ2n) is 4.62. The predicted molar refractivity (Wildman–Crippen MR) is 83.5 cm³/mol. The molecule has 2 heterocycles. The first kappa shape index (κ1) is 13.6. The van der Waals surface area contributed by atoms with Crippen LogP contribution < -0.4 is 5.32 Å². The molecule has 0 amide bonds. The Balaban J connectivity index is 1.99. The summed E-state index contributed by atoms with van der Waals surface area (Å²) in [7, 11) is 0. The van der Waals surface area contributed by atoms with Gasteiger partial charge in [0.05, 0.1) is 5.51 Å². The second kappa shape index (κ2) is 5.95. The molecule has 0 aliphatic heterocycles. The van der Waals surface area contributed by atoms with Gasteiger partial charge in [-0.1, -0.05) is 18.5 Å². The van der Waals surface area contributed by atoms with Gasteiger partial charge in [0.15, 0.2) is 0 Å². The van der Waals surface area contributed by atoms with Gasteiger partial charge in [0.1, 0.15) is 17.4 Å². The second-order valence-corrected chi connectivity index (χ2v) is 5.98. The normalized spacial score (nSPS) is 12.9. The largest absolute Gasteiger partial charge is 0.459 e. The smallest absolute Gasteiger partial charge is 0.134 e. The van der Waals surface area contributed by atoms with Crippen LogP contribution in [0.5, 0.6) is 0 Å². The minimum atomic E-state index is 0.0497. The molecule has 0 bridgehead atoms. The number of furan rings is 1. The predicted octanol–water partition coefficient (Wildman–Crippen LogP) is 4.63. The molecular weight excluding hydrogens is 292 g/mol. The summed E-state index contributed by atoms with van der Waals surface area (Å²) in [5, 5.41) is 5.26. The number of rotatable bonds is 5. The Bertz CT molecular complexity index is 693. The molecule has 5 heteroatoms. The van der Waals surface area contributed by atoms with Crippen LogP contribution in [0, 0.1) is 0 Å². The van der Waals surface area contributed by atoms with Crippen molar-refractivity contribution in [2.45, 2.75) is 19.4 Å². The lowest BCUT2D eigenvalue weighted by molar-refractivity contribution is 0.473. The highest BCUT2D eigenvalue weighted by atomic mass is 35.5. The first-order valence-electron chi connectivity index (χ1n) is 6.58. The highest BCUT2D eigenvalue weighted by Gasteiger charge is 2.19. The molecule has 3 nitrogen and oxygen atoms in total. The summed E-state index contributed by atoms with van der Waals surface area (Å²) >= 11 is 7.66. The van der Waals surface area contributed by atoms with E-state index >= 15 is 0 Å². The highest BCUT2D eigenvalue weighted by molar-refractivity contribution is 7.09. The van der Waals surface area contributed by atoms with E-state index in [-0.39, 0.29) is 6.04 Å². The number of nitrogens with zero attached hydrogens (tertiary/aromatic N) is 1. The molecular formula is C15H15ClN2OS. The number of thiazole rings is 1. The molecule has 0 fully saturated rings. The van der Waals surface area contributed by atoms with Crippen molar-refractivity contribution in [2.24, 2.45) is 0 Å². The Morgan fingerprint density at radius 2 is 2.30 bits per heavy atom. The number of halogens is 1. The fraction of sp³-hybridized carbons (Fsp3) is 0.267. The van der Waals surface area contributed by atoms with Gasteiger partial charge in [-0.25, -0.2) is 0 Å². The van der Waals surface area contributed by atoms with E-state index in [1.807, 2.05) is 36.0 Å². The van der Waals surface area contributed by atoms with Gasteiger partial charge in [0, 0.05) is 21.5 Å². The van der Waals surface area contributed by atoms with Gasteiger partial charge in [0.25, 0.3) is 0 Å². The number of benzene rings is 1. The molecule has 104 valence electrons. The topological polar surface area (TPSA) is 38.1 Å². The zero-order valence-electron chi connectivity index (χ0n) is 11.1. The van der Waals surface area contributed by atoms with Crippen LogP contribution >= 0.6 is 22.9 Å². The monoisotopic (exact) mass is 306 g/mol. The molecule has 0 saturated carbocycles. The minimum absolute atomic E-state index is 0.0497. The first-order valence-corrected chi connectivity index (χ1v) is 7.84. The van der Waals surface area contributed by atoms with E-state index < -0.39 is 0 Å². The maximum atomic E-state index is 6.03. The number of fused-ring (bicyclic) bond motifs is 1. The lowest BCUT2D eigenvalue weighted by atomic mass is 10.1. The summed E-state index contributed by atoms with van der Waals surface area (Å²) in [4.78, 5) is 5.32. The summed E-state index contributed by atoms with van der Waals surface area (Å²) in [6, 6.07) is 7.78. The molecule has 1 unspecified atom stereocenters. The lowest BCUT2D eigenvalue weighted by Gasteiger charge is -2.13. The van der Waals surface area contributed by atoms with E-state index in [0.29, 0.717) is 0 Å². The van der Waals surface area contributed by atoms with Gasteiger partial charge in [-0.05, 0) is 37.2 Å². The van der Waals surface area contributed by atoms with Gasteiger partial charge in [-0.15, -0.1) is 11.3 Å². The lowest BCUT2D eigenvalue weighted by Crippen LogP contribution is -2.21. The molecule has 3 aromatic rings. The van der Waals surface area contributed by atoms with Crippen molar-refractivity contribution in [3.63, 3.8) is 0 Å². The average molecular weight is 307 g/mol. The summed E-state index contributed by atoms with van der Waals surface area (Å²) in [5.74, 6) is 0.903. The van der Waals surface area contributed by atoms with Crippen molar-refractivity contribution in [3.8, 4) is 0 Å². The quantitative estimate of drug-likeness (QED) is 0.746. The Hall–Kier alpha value is -1.36. The molecule has 0 aliphatic rings. The van der Waals surface area contributed by atoms with E-state index in [0.717, 1.165) is 39.6 Å². The third-order valence-electron chi connectivity index (χ3n) is 3.12. The molecule has 1 atom stereocenters. The van der Waals surface area contributed by atoms with Gasteiger partial charge in [-0.2, -0.15) is 0 Å². The Labute approximate surface area is 126 Å². The van der Waals surface area contributed by atoms with Gasteiger partial charge >= 0.3 is 0 Å². The maximum Gasteiger partial charge on any atom is 0.134 e. The summed E-state index contributed by atoms with van der Waals surface area (Å²) in [6.45, 7) is 3.08. The van der Waals surface area contributed by atoms with Crippen LogP contribution in [-0.4, -0.2) is 11.5 Å². The van der Waals surface area contributed by atoms with Crippen molar-refractivity contribution < 1.29 is 4.42 Å². The summed E-state index contributed by atoms with van der Waals surface area (Å²) in [5.41, 5.74) is 2.70. The van der Waals surface area contributed by atoms with Crippen molar-refractivity contribution in [1.82, 2.24) is 10.3 Å². The van der Waals surface area contributed by atoms with Crippen molar-refractivity contribution in [3.05, 3.63) is 51.6 Å². The van der Waals surface area contributed by atoms with Crippen LogP contribution in [0.1, 0.15) is 30.0 Å². The zero-order valence-corrected chi connectivity index (χ0v) is 12.7. The van der Waals surface area contributed by atoms with E-state index in [1.165, 1.54) is 0 Å². The van der Waals surface area contributed by atoms with Crippen molar-refractivity contribution in [1.29, 1.82) is 0 Å². The summed E-state index contributed by atoms with van der Waals surface area (Å²) in [6.07, 6.45) is 2.96. The minimum Gasteiger partial charge on any atom is -0.459 e. The zero-order chi connectivity index (χ0) is 13.9. The van der Waals surface area contributed by atoms with E-state index in [4.69, 9.17) is 16.0 Å². The molecule has 0 radical (unpaired) electrons. The molecule has 2 aromatic heterocycles. The average Bonchev–Trinajstić information content (AvgIpc) is 3.08. The summed E-state index contributed by atoms with van der Waals surface area (Å²) < 4.78 is 5.96. The number of hydrogen-bond donors (Lipinski definition) is 1. The van der Waals surface area contributed by atoms with Crippen LogP contribution in [0.4, 0.5) is 0 Å². The maximum absolute atomic E-state index is 6.03. The molecule has 3 rings (SSSR count). The number of hydrogen-bond acceptors (Lipinski definition) is 4. The molecule has 0 aliphatic carbocycles. The fourth-order valence-corrected chi connectivity index (χ4v) is 3.06. The number of aromatic nitrogens is 1. The highest BCUT2D eigenvalue weighted by Crippen LogP contribution is 2.31. The fourth-order valence-electron chi connectivity index (χ4n) is 2.18. The molecule has 1 N–H and O–H groups in total. The third kappa shape index (κ3) is 2.73. The van der Waals surface area contributed by atoms with Crippen LogP contribution in [0.2, 0.25) is 5.02 Å². The van der Waals surface area contributed by atoms with Crippen LogP contribution in [0.25, 0.3) is 11.0 Å². The van der Waals surface area contributed by atoms with Crippen molar-refractivity contribution >= 4 is 33.9 Å². The molecule has 20 heavy (non-hydrogen) atoms. The number of nitrogens with one attached hydrogen (secondary N) is 1. The van der Waals surface area contributed by atoms with Crippen LogP contribution in [-0.2, 0) is 0 Å². The van der Waals surface area contributed by atoms with Gasteiger partial charge in [0.2, 0.25) is 0 Å². The first-order chi connectivity index (χ1) is 9.78. The van der Waals surface area contributed by atoms with Gasteiger partial charge < -0.3 is 9.73 Å². The SMILES string of the molecule is CCCNC(c1cc2cc(Cl)ccc2o1)c1cncs1. The molecule has 0 saturated heterocycles. The third-order valence-corrected chi connectivity index (χ3v) is 4.19. The molecule has 0 spiro atoms. The Kier molecular flexibility index (Phi) is 4.05. The molecule has 1 aromatic carbocycles. The Morgan fingerprint density at radius 1 is 1.40 bits per heavy atom. The van der Waals surface area contributed by atoms with Gasteiger partial charge in [-0.3, -0.25) is 4.98 Å². The van der Waals surface area contributed by atoms with E-state index in [1.54, 1.807) is 11.3 Å².